The number of nitrogens with two attached hydrogens (primary N) is 1. The lowest BCUT2D eigenvalue weighted by Gasteiger charge is -2.43. The molecule has 0 saturated carbocycles. The maximum absolute atomic E-state index is 13.7. The van der Waals surface area contributed by atoms with Gasteiger partial charge in [0.2, 0.25) is 0 Å². The van der Waals surface area contributed by atoms with Crippen molar-refractivity contribution in [2.45, 2.75) is 44.1 Å². The third-order valence-electron chi connectivity index (χ3n) is 7.03. The molecule has 9 nitrogen and oxygen atoms in total. The molecule has 15 heteroatoms. The summed E-state index contributed by atoms with van der Waals surface area (Å²) < 4.78 is 87.2. The summed E-state index contributed by atoms with van der Waals surface area (Å²) in [4.78, 5) is 18.0. The number of esters is 1. The number of nitrogens with one attached hydrogen (secondary N) is 1. The van der Waals surface area contributed by atoms with Crippen molar-refractivity contribution >= 4 is 17.5 Å². The van der Waals surface area contributed by atoms with Gasteiger partial charge >= 0.3 is 18.3 Å². The first-order valence-corrected chi connectivity index (χ1v) is 12.5. The molecule has 2 unspecified atom stereocenters. The molecular weight excluding hydrogens is 560 g/mol. The third-order valence-corrected chi connectivity index (χ3v) is 7.03. The Morgan fingerprint density at radius 2 is 1.76 bits per heavy atom. The fourth-order valence-corrected chi connectivity index (χ4v) is 4.91. The van der Waals surface area contributed by atoms with Crippen LogP contribution in [0.4, 0.5) is 32.2 Å². The van der Waals surface area contributed by atoms with Gasteiger partial charge in [-0.15, -0.1) is 0 Å². The molecule has 0 spiro atoms. The Morgan fingerprint density at radius 1 is 1.12 bits per heavy atom. The fourth-order valence-electron chi connectivity index (χ4n) is 4.91. The highest BCUT2D eigenvalue weighted by molar-refractivity contribution is 6.05. The zero-order chi connectivity index (χ0) is 30.1. The van der Waals surface area contributed by atoms with Gasteiger partial charge < -0.3 is 36.3 Å². The normalized spacial score (nSPS) is 22.3. The second kappa shape index (κ2) is 11.6. The Morgan fingerprint density at radius 3 is 2.34 bits per heavy atom. The predicted molar refractivity (Wildman–Crippen MR) is 134 cm³/mol. The number of nitrogens with zero attached hydrogens (tertiary/aromatic N) is 3. The second-order valence-corrected chi connectivity index (χ2v) is 9.72. The van der Waals surface area contributed by atoms with Crippen LogP contribution < -0.4 is 16.0 Å². The van der Waals surface area contributed by atoms with Gasteiger partial charge in [-0.25, -0.2) is 9.78 Å². The average Bonchev–Trinajstić information content (AvgIpc) is 2.92. The van der Waals surface area contributed by atoms with E-state index in [0.717, 1.165) is 6.07 Å². The molecule has 2 aromatic rings. The second-order valence-electron chi connectivity index (χ2n) is 9.72. The van der Waals surface area contributed by atoms with E-state index in [1.54, 1.807) is 30.3 Å². The molecule has 0 radical (unpaired) electrons. The minimum atomic E-state index is -5.03. The number of aliphatic hydroxyl groups is 2. The van der Waals surface area contributed by atoms with E-state index in [0.29, 0.717) is 11.8 Å². The minimum Gasteiger partial charge on any atom is -0.807 e. The molecule has 1 fully saturated rings. The molecule has 222 valence electrons. The monoisotopic (exact) mass is 586 g/mol. The van der Waals surface area contributed by atoms with Gasteiger partial charge in [0.1, 0.15) is 30.3 Å². The maximum Gasteiger partial charge on any atom is 0.418 e. The smallest absolute Gasteiger partial charge is 0.418 e. The van der Waals surface area contributed by atoms with Crippen LogP contribution in [0, 0.1) is 11.8 Å². The van der Waals surface area contributed by atoms with Crippen LogP contribution in [0.15, 0.2) is 54.0 Å². The van der Waals surface area contributed by atoms with E-state index in [2.05, 4.69) is 10.3 Å². The quantitative estimate of drug-likeness (QED) is 0.229. The van der Waals surface area contributed by atoms with Gasteiger partial charge in [-0.3, -0.25) is 0 Å². The number of rotatable bonds is 6. The summed E-state index contributed by atoms with van der Waals surface area (Å²) in [5.41, 5.74) is 2.71. The van der Waals surface area contributed by atoms with Gasteiger partial charge in [0.15, 0.2) is 6.23 Å². The van der Waals surface area contributed by atoms with Crippen molar-refractivity contribution in [1.29, 1.82) is 0 Å². The summed E-state index contributed by atoms with van der Waals surface area (Å²) >= 11 is 0. The van der Waals surface area contributed by atoms with Crippen molar-refractivity contribution in [2.24, 2.45) is 17.6 Å². The lowest BCUT2D eigenvalue weighted by Crippen LogP contribution is -2.56. The van der Waals surface area contributed by atoms with Crippen LogP contribution >= 0.6 is 0 Å². The first kappa shape index (κ1) is 30.1. The number of hydrogen-bond acceptors (Lipinski definition) is 8. The number of halogens is 6. The predicted octanol–water partition coefficient (Wildman–Crippen LogP) is 3.32. The average molecular weight is 587 g/mol. The van der Waals surface area contributed by atoms with Crippen LogP contribution in [0.1, 0.15) is 34.3 Å². The molecule has 1 aromatic carbocycles. The Balaban J connectivity index is 1.51. The van der Waals surface area contributed by atoms with Crippen molar-refractivity contribution in [3.05, 3.63) is 76.1 Å². The molecule has 2 aliphatic rings. The van der Waals surface area contributed by atoms with Crippen LogP contribution in [0.25, 0.3) is 5.41 Å². The molecule has 1 saturated heterocycles. The third kappa shape index (κ3) is 6.56. The highest BCUT2D eigenvalue weighted by atomic mass is 19.4. The lowest BCUT2D eigenvalue weighted by molar-refractivity contribution is -0.204. The van der Waals surface area contributed by atoms with E-state index in [1.807, 2.05) is 0 Å². The van der Waals surface area contributed by atoms with Crippen molar-refractivity contribution in [2.75, 3.05) is 18.0 Å². The number of hydrogen-bond donors (Lipinski definition) is 4. The number of aromatic nitrogens is 1. The summed E-state index contributed by atoms with van der Waals surface area (Å²) in [5, 5.41) is 32.6. The lowest BCUT2D eigenvalue weighted by atomic mass is 9.79. The summed E-state index contributed by atoms with van der Waals surface area (Å²) in [6.07, 6.45) is -13.6. The molecule has 0 amide bonds. The van der Waals surface area contributed by atoms with Gasteiger partial charge in [-0.1, -0.05) is 30.3 Å². The van der Waals surface area contributed by atoms with E-state index in [1.165, 1.54) is 4.90 Å². The largest absolute Gasteiger partial charge is 0.807 e. The number of piperidine rings is 1. The molecule has 0 bridgehead atoms. The summed E-state index contributed by atoms with van der Waals surface area (Å²) in [7, 11) is 0. The molecule has 3 atom stereocenters. The number of anilines is 1. The number of carbonyl (C=O) groups excluding carboxylic acids is 1. The minimum absolute atomic E-state index is 0.00683. The number of ether oxygens (including phenoxy) is 1. The summed E-state index contributed by atoms with van der Waals surface area (Å²) in [6.45, 7) is -0.157. The maximum atomic E-state index is 13.7. The van der Waals surface area contributed by atoms with Crippen LogP contribution in [-0.4, -0.2) is 58.5 Å². The SMILES string of the molecule is [N-]=C(C1=C(N)NC(O)[C@H](O)C1C(F)(F)F)C1CCN(c2cc(C(=O)OCc3ccccc3)c(C(F)(F)F)cn2)CC1. The number of aliphatic hydroxyl groups excluding tert-OH is 2. The van der Waals surface area contributed by atoms with Gasteiger partial charge in [0, 0.05) is 19.3 Å². The molecule has 5 N–H and O–H groups in total. The first-order valence-electron chi connectivity index (χ1n) is 12.5. The van der Waals surface area contributed by atoms with Gasteiger partial charge in [0.05, 0.1) is 11.1 Å². The van der Waals surface area contributed by atoms with Crippen molar-refractivity contribution in [3.8, 4) is 0 Å². The summed E-state index contributed by atoms with van der Waals surface area (Å²) in [6, 6.07) is 9.31. The molecule has 1 aromatic heterocycles. The number of pyridine rings is 1. The molecule has 41 heavy (non-hydrogen) atoms. The molecule has 3 heterocycles. The Bertz CT molecular complexity index is 1310. The van der Waals surface area contributed by atoms with Crippen LogP contribution in [0.5, 0.6) is 0 Å². The van der Waals surface area contributed by atoms with E-state index in [9.17, 15) is 46.8 Å². The van der Waals surface area contributed by atoms with Gasteiger partial charge in [-0.2, -0.15) is 32.1 Å². The van der Waals surface area contributed by atoms with Crippen molar-refractivity contribution < 1.29 is 46.1 Å². The number of benzene rings is 1. The molecular formula is C26H26F6N5O4-. The zero-order valence-corrected chi connectivity index (χ0v) is 21.3. The van der Waals surface area contributed by atoms with Crippen LogP contribution in [-0.2, 0) is 17.5 Å². The van der Waals surface area contributed by atoms with E-state index < -0.39 is 70.7 Å². The van der Waals surface area contributed by atoms with E-state index >= 15 is 0 Å². The Labute approximate surface area is 230 Å². The molecule has 0 aliphatic carbocycles. The van der Waals surface area contributed by atoms with Crippen molar-refractivity contribution in [3.63, 3.8) is 0 Å². The molecule has 2 aliphatic heterocycles. The number of alkyl halides is 6. The standard InChI is InChI=1S/C26H26F6N5O4/c27-25(28,29)16-11-35-17(10-15(16)24(40)41-12-13-4-2-1-3-5-13)37-8-6-14(7-9-37)20(33)18-19(26(30,31)32)21(38)23(39)36-22(18)34/h1-5,10-11,14,19,21,23,36,38-39H,6-9,12,34H2/q-1/t19?,21-,23?/m1/s1. The Kier molecular flexibility index (Phi) is 8.49. The zero-order valence-electron chi connectivity index (χ0n) is 21.3. The molecule has 4 rings (SSSR count). The fraction of sp³-hybridized carbons (Fsp3) is 0.423. The number of carbonyl (C=O) groups is 1. The van der Waals surface area contributed by atoms with Crippen molar-refractivity contribution in [1.82, 2.24) is 10.3 Å². The Hall–Kier alpha value is -3.85. The van der Waals surface area contributed by atoms with Crippen LogP contribution in [0.3, 0.4) is 0 Å². The van der Waals surface area contributed by atoms with E-state index in [-0.39, 0.29) is 38.4 Å². The van der Waals surface area contributed by atoms with Gasteiger partial charge in [0.25, 0.3) is 0 Å². The van der Waals surface area contributed by atoms with Crippen LogP contribution in [0.2, 0.25) is 0 Å². The van der Waals surface area contributed by atoms with E-state index in [4.69, 9.17) is 10.5 Å². The topological polar surface area (TPSA) is 143 Å². The first-order chi connectivity index (χ1) is 19.2. The van der Waals surface area contributed by atoms with Gasteiger partial charge in [-0.05, 0) is 36.0 Å². The summed E-state index contributed by atoms with van der Waals surface area (Å²) in [5.74, 6) is -5.33. The highest BCUT2D eigenvalue weighted by Gasteiger charge is 2.52. The highest BCUT2D eigenvalue weighted by Crippen LogP contribution is 2.41.